The molecule has 1 heterocycles. The Morgan fingerprint density at radius 2 is 1.70 bits per heavy atom. The van der Waals surface area contributed by atoms with Crippen molar-refractivity contribution in [3.05, 3.63) is 0 Å². The highest BCUT2D eigenvalue weighted by Crippen LogP contribution is 2.16. The van der Waals surface area contributed by atoms with Gasteiger partial charge in [0.2, 0.25) is 0 Å². The van der Waals surface area contributed by atoms with E-state index in [0.717, 1.165) is 13.1 Å². The number of hydrogen-bond donors (Lipinski definition) is 2. The molecule has 0 aliphatic carbocycles. The summed E-state index contributed by atoms with van der Waals surface area (Å²) in [6, 6.07) is 0. The van der Waals surface area contributed by atoms with E-state index in [-0.39, 0.29) is 30.4 Å². The van der Waals surface area contributed by atoms with Gasteiger partial charge in [0.25, 0.3) is 0 Å². The maximum atomic E-state index is 5.80. The molecule has 0 saturated carbocycles. The van der Waals surface area contributed by atoms with E-state index in [9.17, 15) is 0 Å². The number of nitrogens with one attached hydrogen (secondary N) is 1. The van der Waals surface area contributed by atoms with E-state index >= 15 is 0 Å². The third-order valence-electron chi connectivity index (χ3n) is 1.83. The van der Waals surface area contributed by atoms with E-state index < -0.39 is 0 Å². The van der Waals surface area contributed by atoms with Crippen molar-refractivity contribution in [3.63, 3.8) is 0 Å². The molecule has 1 rings (SSSR count). The van der Waals surface area contributed by atoms with Gasteiger partial charge in [-0.3, -0.25) is 0 Å². The minimum absolute atomic E-state index is 0. The Kier molecular flexibility index (Phi) is 5.76. The normalized spacial score (nSPS) is 18.3. The Bertz CT molecular complexity index is 86.2. The van der Waals surface area contributed by atoms with Gasteiger partial charge in [0.1, 0.15) is 0 Å². The summed E-state index contributed by atoms with van der Waals surface area (Å²) in [5.74, 6) is 0.697. The highest BCUT2D eigenvalue weighted by Gasteiger charge is 2.29. The molecule has 64 valence electrons. The summed E-state index contributed by atoms with van der Waals surface area (Å²) in [5, 5.41) is 3.19. The molecule has 0 spiro atoms. The average Bonchev–Trinajstić information content (AvgIpc) is 1.16. The number of hydrogen-bond acceptors (Lipinski definition) is 2. The van der Waals surface area contributed by atoms with Gasteiger partial charge < -0.3 is 11.1 Å². The molecule has 0 aromatic heterocycles. The molecule has 1 fully saturated rings. The van der Waals surface area contributed by atoms with Crippen LogP contribution in [0.4, 0.5) is 0 Å². The van der Waals surface area contributed by atoms with E-state index in [0.29, 0.717) is 5.92 Å². The van der Waals surface area contributed by atoms with E-state index in [1.165, 1.54) is 0 Å². The van der Waals surface area contributed by atoms with Gasteiger partial charge in [-0.2, -0.15) is 0 Å². The van der Waals surface area contributed by atoms with Crippen molar-refractivity contribution in [2.24, 2.45) is 11.7 Å². The Morgan fingerprint density at radius 1 is 1.30 bits per heavy atom. The second kappa shape index (κ2) is 4.39. The van der Waals surface area contributed by atoms with Crippen molar-refractivity contribution >= 4 is 24.8 Å². The summed E-state index contributed by atoms with van der Waals surface area (Å²) in [7, 11) is 0. The van der Waals surface area contributed by atoms with E-state index in [4.69, 9.17) is 5.73 Å². The number of halogens is 2. The Hall–Kier alpha value is 0.500. The second-order valence-corrected chi connectivity index (χ2v) is 3.18. The zero-order valence-electron chi connectivity index (χ0n) is 6.39. The maximum Gasteiger partial charge on any atom is 0.0150 e. The van der Waals surface area contributed by atoms with Crippen molar-refractivity contribution in [3.8, 4) is 0 Å². The SMILES string of the molecule is CC(C)(N)C1CNC1.Cl.Cl. The van der Waals surface area contributed by atoms with Crippen LogP contribution in [-0.4, -0.2) is 18.6 Å². The van der Waals surface area contributed by atoms with Crippen LogP contribution in [0.25, 0.3) is 0 Å². The first kappa shape index (κ1) is 13.1. The van der Waals surface area contributed by atoms with Gasteiger partial charge in [0.15, 0.2) is 0 Å². The van der Waals surface area contributed by atoms with Gasteiger partial charge in [-0.15, -0.1) is 24.8 Å². The van der Waals surface area contributed by atoms with Gasteiger partial charge in [0, 0.05) is 24.5 Å². The third kappa shape index (κ3) is 3.06. The smallest absolute Gasteiger partial charge is 0.0150 e. The van der Waals surface area contributed by atoms with Crippen LogP contribution in [0.5, 0.6) is 0 Å². The predicted molar refractivity (Wildman–Crippen MR) is 49.1 cm³/mol. The monoisotopic (exact) mass is 186 g/mol. The maximum absolute atomic E-state index is 5.80. The average molecular weight is 187 g/mol. The number of rotatable bonds is 1. The van der Waals surface area contributed by atoms with E-state index in [1.54, 1.807) is 0 Å². The van der Waals surface area contributed by atoms with Crippen LogP contribution >= 0.6 is 24.8 Å². The van der Waals surface area contributed by atoms with Crippen molar-refractivity contribution < 1.29 is 0 Å². The molecule has 0 bridgehead atoms. The first-order valence-corrected chi connectivity index (χ1v) is 3.10. The van der Waals surface area contributed by atoms with E-state index in [2.05, 4.69) is 19.2 Å². The van der Waals surface area contributed by atoms with Gasteiger partial charge >= 0.3 is 0 Å². The molecule has 3 N–H and O–H groups in total. The minimum atomic E-state index is 0. The molecule has 1 aliphatic heterocycles. The van der Waals surface area contributed by atoms with Crippen LogP contribution in [0.2, 0.25) is 0 Å². The Labute approximate surface area is 74.8 Å². The van der Waals surface area contributed by atoms with Gasteiger partial charge in [-0.25, -0.2) is 0 Å². The van der Waals surface area contributed by atoms with E-state index in [1.807, 2.05) is 0 Å². The first-order chi connectivity index (χ1) is 3.61. The number of nitrogens with two attached hydrogens (primary N) is 1. The summed E-state index contributed by atoms with van der Waals surface area (Å²) >= 11 is 0. The lowest BCUT2D eigenvalue weighted by Gasteiger charge is -2.38. The van der Waals surface area contributed by atoms with Crippen LogP contribution in [0, 0.1) is 5.92 Å². The summed E-state index contributed by atoms with van der Waals surface area (Å²) < 4.78 is 0. The highest BCUT2D eigenvalue weighted by atomic mass is 35.5. The Morgan fingerprint density at radius 3 is 1.70 bits per heavy atom. The van der Waals surface area contributed by atoms with Crippen molar-refractivity contribution in [1.82, 2.24) is 5.32 Å². The highest BCUT2D eigenvalue weighted by molar-refractivity contribution is 5.85. The topological polar surface area (TPSA) is 38.0 Å². The molecule has 0 unspecified atom stereocenters. The summed E-state index contributed by atoms with van der Waals surface area (Å²) in [4.78, 5) is 0. The molecule has 0 aromatic rings. The van der Waals surface area contributed by atoms with Gasteiger partial charge in [0.05, 0.1) is 0 Å². The molecular formula is C6H16Cl2N2. The van der Waals surface area contributed by atoms with Gasteiger partial charge in [-0.1, -0.05) is 0 Å². The molecule has 4 heteroatoms. The zero-order chi connectivity index (χ0) is 6.20. The van der Waals surface area contributed by atoms with Crippen LogP contribution < -0.4 is 11.1 Å². The molecule has 1 aliphatic rings. The standard InChI is InChI=1S/C6H14N2.2ClH/c1-6(2,7)5-3-8-4-5;;/h5,8H,3-4,7H2,1-2H3;2*1H. The van der Waals surface area contributed by atoms with Crippen LogP contribution in [-0.2, 0) is 0 Å². The van der Waals surface area contributed by atoms with Crippen molar-refractivity contribution in [1.29, 1.82) is 0 Å². The lowest BCUT2D eigenvalue weighted by Crippen LogP contribution is -2.57. The Balaban J connectivity index is 0. The van der Waals surface area contributed by atoms with Gasteiger partial charge in [-0.05, 0) is 13.8 Å². The zero-order valence-corrected chi connectivity index (χ0v) is 8.02. The fraction of sp³-hybridized carbons (Fsp3) is 1.00. The molecular weight excluding hydrogens is 171 g/mol. The first-order valence-electron chi connectivity index (χ1n) is 3.10. The van der Waals surface area contributed by atoms with Crippen LogP contribution in [0.1, 0.15) is 13.8 Å². The summed E-state index contributed by atoms with van der Waals surface area (Å²) in [6.45, 7) is 6.37. The largest absolute Gasteiger partial charge is 0.325 e. The molecule has 0 atom stereocenters. The molecule has 0 aromatic carbocycles. The van der Waals surface area contributed by atoms with Crippen molar-refractivity contribution in [2.45, 2.75) is 19.4 Å². The lowest BCUT2D eigenvalue weighted by atomic mass is 9.84. The van der Waals surface area contributed by atoms with Crippen molar-refractivity contribution in [2.75, 3.05) is 13.1 Å². The molecule has 1 saturated heterocycles. The van der Waals surface area contributed by atoms with Crippen LogP contribution in [0.3, 0.4) is 0 Å². The minimum Gasteiger partial charge on any atom is -0.325 e. The predicted octanol–water partition coefficient (Wildman–Crippen LogP) is 0.787. The van der Waals surface area contributed by atoms with Crippen LogP contribution in [0.15, 0.2) is 0 Å². The summed E-state index contributed by atoms with van der Waals surface area (Å²) in [6.07, 6.45) is 0. The third-order valence-corrected chi connectivity index (χ3v) is 1.83. The fourth-order valence-electron chi connectivity index (χ4n) is 0.815. The molecule has 0 amide bonds. The quantitative estimate of drug-likeness (QED) is 0.636. The second-order valence-electron chi connectivity index (χ2n) is 3.18. The molecule has 2 nitrogen and oxygen atoms in total. The fourth-order valence-corrected chi connectivity index (χ4v) is 0.815. The summed E-state index contributed by atoms with van der Waals surface area (Å²) in [5.41, 5.74) is 5.83. The molecule has 0 radical (unpaired) electrons. The lowest BCUT2D eigenvalue weighted by molar-refractivity contribution is 0.225. The molecule has 10 heavy (non-hydrogen) atoms.